The van der Waals surface area contributed by atoms with Crippen molar-refractivity contribution in [1.82, 2.24) is 9.88 Å². The molecule has 1 aromatic heterocycles. The molecule has 5 heteroatoms. The molecule has 1 heterocycles. The molecule has 2 rings (SSSR count). The van der Waals surface area contributed by atoms with E-state index in [0.717, 1.165) is 12.8 Å². The lowest BCUT2D eigenvalue weighted by Gasteiger charge is -2.37. The van der Waals surface area contributed by atoms with Crippen LogP contribution in [0.4, 0.5) is 0 Å². The summed E-state index contributed by atoms with van der Waals surface area (Å²) in [5.41, 5.74) is 0.599. The molecule has 18 heavy (non-hydrogen) atoms. The molecule has 1 saturated carbocycles. The van der Waals surface area contributed by atoms with Gasteiger partial charge in [0, 0.05) is 25.4 Å². The number of amides is 1. The van der Waals surface area contributed by atoms with Crippen LogP contribution in [0, 0.1) is 0 Å². The van der Waals surface area contributed by atoms with E-state index in [1.807, 2.05) is 4.90 Å². The van der Waals surface area contributed by atoms with Gasteiger partial charge in [-0.1, -0.05) is 0 Å². The fourth-order valence-electron chi connectivity index (χ4n) is 2.09. The van der Waals surface area contributed by atoms with Crippen molar-refractivity contribution >= 4 is 21.8 Å². The third kappa shape index (κ3) is 2.90. The van der Waals surface area contributed by atoms with Gasteiger partial charge in [-0.05, 0) is 53.7 Å². The number of aliphatic hydroxyl groups excluding tert-OH is 1. The summed E-state index contributed by atoms with van der Waals surface area (Å²) in [6.45, 7) is 0.728. The van der Waals surface area contributed by atoms with Gasteiger partial charge in [0.25, 0.3) is 5.91 Å². The van der Waals surface area contributed by atoms with Gasteiger partial charge in [0.1, 0.15) is 4.60 Å². The predicted molar refractivity (Wildman–Crippen MR) is 72.3 cm³/mol. The zero-order chi connectivity index (χ0) is 13.0. The van der Waals surface area contributed by atoms with Gasteiger partial charge in [0.2, 0.25) is 0 Å². The van der Waals surface area contributed by atoms with Crippen LogP contribution in [-0.4, -0.2) is 40.1 Å². The molecule has 0 bridgehead atoms. The maximum Gasteiger partial charge on any atom is 0.256 e. The zero-order valence-electron chi connectivity index (χ0n) is 10.2. The molecular formula is C13H17BrN2O2. The van der Waals surface area contributed by atoms with Crippen LogP contribution in [0.15, 0.2) is 22.9 Å². The van der Waals surface area contributed by atoms with Gasteiger partial charge in [-0.2, -0.15) is 0 Å². The van der Waals surface area contributed by atoms with Crippen molar-refractivity contribution in [2.75, 3.05) is 13.2 Å². The smallest absolute Gasteiger partial charge is 0.256 e. The number of pyridine rings is 1. The quantitative estimate of drug-likeness (QED) is 0.848. The summed E-state index contributed by atoms with van der Waals surface area (Å²) in [5, 5.41) is 8.94. The Labute approximate surface area is 115 Å². The first-order valence-electron chi connectivity index (χ1n) is 6.26. The summed E-state index contributed by atoms with van der Waals surface area (Å²) in [7, 11) is 0. The monoisotopic (exact) mass is 312 g/mol. The van der Waals surface area contributed by atoms with Crippen LogP contribution < -0.4 is 0 Å². The lowest BCUT2D eigenvalue weighted by atomic mass is 9.91. The highest BCUT2D eigenvalue weighted by Crippen LogP contribution is 2.27. The third-order valence-electron chi connectivity index (χ3n) is 3.32. The molecule has 0 atom stereocenters. The number of aliphatic hydroxyl groups is 1. The molecule has 1 fully saturated rings. The third-order valence-corrected chi connectivity index (χ3v) is 3.95. The van der Waals surface area contributed by atoms with E-state index in [4.69, 9.17) is 5.11 Å². The van der Waals surface area contributed by atoms with E-state index >= 15 is 0 Å². The van der Waals surface area contributed by atoms with Gasteiger partial charge >= 0.3 is 0 Å². The Morgan fingerprint density at radius 2 is 2.33 bits per heavy atom. The molecule has 1 N–H and O–H groups in total. The fourth-order valence-corrected chi connectivity index (χ4v) is 2.51. The molecular weight excluding hydrogens is 296 g/mol. The van der Waals surface area contributed by atoms with Crippen LogP contribution in [0.3, 0.4) is 0 Å². The van der Waals surface area contributed by atoms with Crippen LogP contribution in [0.5, 0.6) is 0 Å². The second-order valence-corrected chi connectivity index (χ2v) is 5.25. The highest BCUT2D eigenvalue weighted by atomic mass is 79.9. The minimum Gasteiger partial charge on any atom is -0.396 e. The van der Waals surface area contributed by atoms with E-state index in [1.54, 1.807) is 18.3 Å². The summed E-state index contributed by atoms with van der Waals surface area (Å²) in [5.74, 6) is 0.00752. The molecule has 0 saturated heterocycles. The summed E-state index contributed by atoms with van der Waals surface area (Å²) < 4.78 is 0.586. The van der Waals surface area contributed by atoms with Crippen LogP contribution in [0.1, 0.15) is 36.0 Å². The van der Waals surface area contributed by atoms with E-state index in [-0.39, 0.29) is 12.5 Å². The van der Waals surface area contributed by atoms with Crippen molar-refractivity contribution in [3.05, 3.63) is 28.5 Å². The molecule has 1 aliphatic rings. The largest absolute Gasteiger partial charge is 0.396 e. The summed E-state index contributed by atoms with van der Waals surface area (Å²) in [4.78, 5) is 18.4. The number of aromatic nitrogens is 1. The molecule has 98 valence electrons. The first kappa shape index (κ1) is 13.5. The Bertz CT molecular complexity index is 421. The lowest BCUT2D eigenvalue weighted by molar-refractivity contribution is 0.0561. The summed E-state index contributed by atoms with van der Waals surface area (Å²) >= 11 is 3.31. The predicted octanol–water partition coefficient (Wildman–Crippen LogP) is 2.22. The number of carbonyl (C=O) groups is 1. The number of hydrogen-bond donors (Lipinski definition) is 1. The van der Waals surface area contributed by atoms with E-state index in [0.29, 0.717) is 29.2 Å². The molecule has 0 aromatic carbocycles. The van der Waals surface area contributed by atoms with Gasteiger partial charge in [-0.15, -0.1) is 0 Å². The highest BCUT2D eigenvalue weighted by molar-refractivity contribution is 9.10. The van der Waals surface area contributed by atoms with Gasteiger partial charge in [0.05, 0.1) is 5.56 Å². The Hall–Kier alpha value is -0.940. The Kier molecular flexibility index (Phi) is 4.72. The van der Waals surface area contributed by atoms with Gasteiger partial charge in [-0.25, -0.2) is 4.98 Å². The van der Waals surface area contributed by atoms with E-state index in [9.17, 15) is 4.79 Å². The van der Waals surface area contributed by atoms with Crippen molar-refractivity contribution in [2.45, 2.75) is 31.7 Å². The molecule has 0 spiro atoms. The van der Waals surface area contributed by atoms with Gasteiger partial charge < -0.3 is 10.0 Å². The molecule has 1 aromatic rings. The molecule has 0 aliphatic heterocycles. The van der Waals surface area contributed by atoms with Crippen molar-refractivity contribution < 1.29 is 9.90 Å². The lowest BCUT2D eigenvalue weighted by Crippen LogP contribution is -2.45. The number of rotatable bonds is 5. The van der Waals surface area contributed by atoms with Crippen LogP contribution >= 0.6 is 15.9 Å². The number of carbonyl (C=O) groups excluding carboxylic acids is 1. The van der Waals surface area contributed by atoms with Crippen molar-refractivity contribution in [3.63, 3.8) is 0 Å². The Morgan fingerprint density at radius 1 is 1.56 bits per heavy atom. The SMILES string of the molecule is O=C(c1cccnc1Br)N(CCCO)C1CCC1. The minimum atomic E-state index is 0.00752. The molecule has 0 radical (unpaired) electrons. The second-order valence-electron chi connectivity index (χ2n) is 4.50. The summed E-state index contributed by atoms with van der Waals surface area (Å²) in [6.07, 6.45) is 5.59. The van der Waals surface area contributed by atoms with Crippen LogP contribution in [0.2, 0.25) is 0 Å². The van der Waals surface area contributed by atoms with Gasteiger partial charge in [0.15, 0.2) is 0 Å². The average Bonchev–Trinajstić information content (AvgIpc) is 2.32. The van der Waals surface area contributed by atoms with Crippen LogP contribution in [0.25, 0.3) is 0 Å². The normalized spacial score (nSPS) is 15.2. The Balaban J connectivity index is 2.14. The van der Waals surface area contributed by atoms with Crippen molar-refractivity contribution in [2.24, 2.45) is 0 Å². The summed E-state index contributed by atoms with van der Waals surface area (Å²) in [6, 6.07) is 3.88. The number of nitrogens with zero attached hydrogens (tertiary/aromatic N) is 2. The second kappa shape index (κ2) is 6.29. The first-order valence-corrected chi connectivity index (χ1v) is 7.05. The van der Waals surface area contributed by atoms with Crippen molar-refractivity contribution in [1.29, 1.82) is 0 Å². The van der Waals surface area contributed by atoms with Gasteiger partial charge in [-0.3, -0.25) is 4.79 Å². The molecule has 0 unspecified atom stereocenters. The number of halogens is 1. The Morgan fingerprint density at radius 3 is 2.89 bits per heavy atom. The number of hydrogen-bond acceptors (Lipinski definition) is 3. The zero-order valence-corrected chi connectivity index (χ0v) is 11.8. The van der Waals surface area contributed by atoms with E-state index in [1.165, 1.54) is 6.42 Å². The minimum absolute atomic E-state index is 0.00752. The molecule has 1 aliphatic carbocycles. The van der Waals surface area contributed by atoms with Crippen LogP contribution in [-0.2, 0) is 0 Å². The standard InChI is InChI=1S/C13H17BrN2O2/c14-12-11(6-2-7-15-12)13(18)16(8-3-9-17)10-4-1-5-10/h2,6-7,10,17H,1,3-5,8-9H2. The maximum absolute atomic E-state index is 12.5. The molecule has 4 nitrogen and oxygen atoms in total. The fraction of sp³-hybridized carbons (Fsp3) is 0.538. The maximum atomic E-state index is 12.5. The topological polar surface area (TPSA) is 53.4 Å². The highest BCUT2D eigenvalue weighted by Gasteiger charge is 2.29. The average molecular weight is 313 g/mol. The molecule has 1 amide bonds. The van der Waals surface area contributed by atoms with Crippen molar-refractivity contribution in [3.8, 4) is 0 Å². The van der Waals surface area contributed by atoms with E-state index < -0.39 is 0 Å². The first-order chi connectivity index (χ1) is 8.74. The van der Waals surface area contributed by atoms with E-state index in [2.05, 4.69) is 20.9 Å².